The van der Waals surface area contributed by atoms with Crippen molar-refractivity contribution in [3.63, 3.8) is 0 Å². The van der Waals surface area contributed by atoms with E-state index in [2.05, 4.69) is 37.5 Å². The molecule has 170 valence electrons. The molecule has 0 radical (unpaired) electrons. The van der Waals surface area contributed by atoms with Gasteiger partial charge in [-0.25, -0.2) is 14.4 Å². The lowest BCUT2D eigenvalue weighted by atomic mass is 10.2. The van der Waals surface area contributed by atoms with Crippen molar-refractivity contribution < 1.29 is 9.18 Å². The van der Waals surface area contributed by atoms with Crippen LogP contribution < -0.4 is 10.6 Å². The highest BCUT2D eigenvalue weighted by Gasteiger charge is 2.10. The van der Waals surface area contributed by atoms with Gasteiger partial charge in [0.05, 0.1) is 35.1 Å². The summed E-state index contributed by atoms with van der Waals surface area (Å²) in [4.78, 5) is 21.4. The zero-order valence-electron chi connectivity index (χ0n) is 18.2. The minimum Gasteiger partial charge on any atom is -0.340 e. The second kappa shape index (κ2) is 9.64. The number of hydrogen-bond donors (Lipinski definition) is 2. The molecular formula is C26H17FN6OS. The van der Waals surface area contributed by atoms with E-state index in [0.29, 0.717) is 12.4 Å². The fourth-order valence-electron chi connectivity index (χ4n) is 3.56. The Morgan fingerprint density at radius 2 is 2.09 bits per heavy atom. The fourth-order valence-corrected chi connectivity index (χ4v) is 4.43. The molecule has 0 fully saturated rings. The van der Waals surface area contributed by atoms with E-state index in [0.717, 1.165) is 37.2 Å². The zero-order chi connectivity index (χ0) is 24.2. The van der Waals surface area contributed by atoms with E-state index < -0.39 is 5.91 Å². The third-order valence-corrected chi connectivity index (χ3v) is 6.09. The number of nitrogens with zero attached hydrogens (tertiary/aromatic N) is 4. The van der Waals surface area contributed by atoms with Gasteiger partial charge in [0, 0.05) is 11.1 Å². The Morgan fingerprint density at radius 3 is 2.94 bits per heavy atom. The summed E-state index contributed by atoms with van der Waals surface area (Å²) in [6, 6.07) is 14.3. The standard InChI is InChI=1S/C26H17FN6OS/c1-2-24(34)28-10-4-7-21-13-22-25(29-16-30-26(22)35-21)32-20-8-9-23-18(12-20)14-31-33(23)15-17-5-3-6-19(27)11-17/h1,3,5-6,8-9,11-14,16H,10,15H2,(H,28,34)(H,29,30,32). The number of aromatic nitrogens is 4. The molecule has 5 rings (SSSR count). The van der Waals surface area contributed by atoms with Crippen LogP contribution >= 0.6 is 11.3 Å². The van der Waals surface area contributed by atoms with Crippen LogP contribution in [0.1, 0.15) is 10.4 Å². The van der Waals surface area contributed by atoms with E-state index in [1.54, 1.807) is 12.3 Å². The molecule has 0 spiro atoms. The smallest absolute Gasteiger partial charge is 0.296 e. The first-order valence-electron chi connectivity index (χ1n) is 10.5. The van der Waals surface area contributed by atoms with Crippen molar-refractivity contribution in [3.05, 3.63) is 77.3 Å². The number of carbonyl (C=O) groups is 1. The van der Waals surface area contributed by atoms with E-state index in [-0.39, 0.29) is 12.4 Å². The van der Waals surface area contributed by atoms with Gasteiger partial charge in [0.15, 0.2) is 0 Å². The van der Waals surface area contributed by atoms with Crippen LogP contribution in [0.25, 0.3) is 21.1 Å². The lowest BCUT2D eigenvalue weighted by Gasteiger charge is -2.08. The number of benzene rings is 2. The Morgan fingerprint density at radius 1 is 1.17 bits per heavy atom. The molecule has 2 N–H and O–H groups in total. The second-order valence-electron chi connectivity index (χ2n) is 7.51. The van der Waals surface area contributed by atoms with Gasteiger partial charge in [-0.3, -0.25) is 9.48 Å². The molecule has 0 unspecified atom stereocenters. The van der Waals surface area contributed by atoms with Gasteiger partial charge in [0.25, 0.3) is 5.91 Å². The first-order chi connectivity index (χ1) is 17.1. The van der Waals surface area contributed by atoms with Crippen LogP contribution in [0, 0.1) is 30.0 Å². The fraction of sp³-hybridized carbons (Fsp3) is 0.0769. The molecule has 5 aromatic rings. The molecule has 0 saturated heterocycles. The number of hydrogen-bond acceptors (Lipinski definition) is 6. The van der Waals surface area contributed by atoms with E-state index in [4.69, 9.17) is 6.42 Å². The largest absolute Gasteiger partial charge is 0.340 e. The molecule has 0 saturated carbocycles. The SMILES string of the molecule is C#CC(=O)NCC#Cc1cc2c(Nc3ccc4c(cnn4Cc4cccc(F)c4)c3)ncnc2s1. The van der Waals surface area contributed by atoms with Gasteiger partial charge in [-0.05, 0) is 47.9 Å². The molecule has 0 aliphatic rings. The molecule has 0 atom stereocenters. The Bertz CT molecular complexity index is 1670. The number of anilines is 2. The summed E-state index contributed by atoms with van der Waals surface area (Å²) in [7, 11) is 0. The minimum absolute atomic E-state index is 0.168. The van der Waals surface area contributed by atoms with Crippen LogP contribution in [-0.4, -0.2) is 32.2 Å². The van der Waals surface area contributed by atoms with Crippen LogP contribution in [0.15, 0.2) is 61.1 Å². The summed E-state index contributed by atoms with van der Waals surface area (Å²) in [6.07, 6.45) is 8.30. The van der Waals surface area contributed by atoms with E-state index in [1.807, 2.05) is 40.9 Å². The van der Waals surface area contributed by atoms with Crippen LogP contribution in [0.5, 0.6) is 0 Å². The summed E-state index contributed by atoms with van der Waals surface area (Å²) in [5, 5.41) is 12.1. The van der Waals surface area contributed by atoms with Gasteiger partial charge in [-0.2, -0.15) is 5.10 Å². The first-order valence-corrected chi connectivity index (χ1v) is 11.4. The van der Waals surface area contributed by atoms with E-state index in [1.165, 1.54) is 29.8 Å². The van der Waals surface area contributed by atoms with Crippen molar-refractivity contribution >= 4 is 49.9 Å². The normalized spacial score (nSPS) is 10.5. The molecule has 35 heavy (non-hydrogen) atoms. The summed E-state index contributed by atoms with van der Waals surface area (Å²) in [6.45, 7) is 0.646. The second-order valence-corrected chi connectivity index (χ2v) is 8.54. The predicted octanol–water partition coefficient (Wildman–Crippen LogP) is 4.07. The van der Waals surface area contributed by atoms with Gasteiger partial charge in [-0.1, -0.05) is 24.0 Å². The maximum atomic E-state index is 13.5. The topological polar surface area (TPSA) is 84.7 Å². The van der Waals surface area contributed by atoms with Gasteiger partial charge in [-0.15, -0.1) is 17.8 Å². The van der Waals surface area contributed by atoms with Crippen molar-refractivity contribution in [2.75, 3.05) is 11.9 Å². The Hall–Kier alpha value is -4.73. The lowest BCUT2D eigenvalue weighted by Crippen LogP contribution is -2.21. The third-order valence-electron chi connectivity index (χ3n) is 5.14. The van der Waals surface area contributed by atoms with Crippen LogP contribution in [0.2, 0.25) is 0 Å². The Labute approximate surface area is 204 Å². The number of amides is 1. The van der Waals surface area contributed by atoms with Crippen molar-refractivity contribution in [2.24, 2.45) is 0 Å². The number of terminal acetylenes is 1. The highest BCUT2D eigenvalue weighted by Crippen LogP contribution is 2.30. The maximum Gasteiger partial charge on any atom is 0.296 e. The molecule has 0 bridgehead atoms. The predicted molar refractivity (Wildman–Crippen MR) is 135 cm³/mol. The van der Waals surface area contributed by atoms with Gasteiger partial charge >= 0.3 is 0 Å². The number of carbonyl (C=O) groups excluding carboxylic acids is 1. The number of rotatable bonds is 5. The zero-order valence-corrected chi connectivity index (χ0v) is 19.1. The van der Waals surface area contributed by atoms with E-state index in [9.17, 15) is 9.18 Å². The van der Waals surface area contributed by atoms with Crippen LogP contribution in [-0.2, 0) is 11.3 Å². The number of halogens is 1. The quantitative estimate of drug-likeness (QED) is 0.371. The van der Waals surface area contributed by atoms with Gasteiger partial charge < -0.3 is 10.6 Å². The number of fused-ring (bicyclic) bond motifs is 2. The van der Waals surface area contributed by atoms with Crippen molar-refractivity contribution in [3.8, 4) is 24.2 Å². The van der Waals surface area contributed by atoms with Crippen molar-refractivity contribution in [1.82, 2.24) is 25.1 Å². The summed E-state index contributed by atoms with van der Waals surface area (Å²) in [5.74, 6) is 7.76. The highest BCUT2D eigenvalue weighted by atomic mass is 32.1. The maximum absolute atomic E-state index is 13.5. The molecule has 0 aliphatic carbocycles. The average Bonchev–Trinajstić information content (AvgIpc) is 3.46. The Balaban J connectivity index is 1.36. The van der Waals surface area contributed by atoms with Crippen molar-refractivity contribution in [2.45, 2.75) is 6.54 Å². The molecule has 3 aromatic heterocycles. The molecule has 7 nitrogen and oxygen atoms in total. The summed E-state index contributed by atoms with van der Waals surface area (Å²) < 4.78 is 15.4. The molecule has 0 aliphatic heterocycles. The monoisotopic (exact) mass is 480 g/mol. The molecule has 2 aromatic carbocycles. The van der Waals surface area contributed by atoms with Gasteiger partial charge in [0.1, 0.15) is 22.8 Å². The summed E-state index contributed by atoms with van der Waals surface area (Å²) in [5.41, 5.74) is 2.63. The third kappa shape index (κ3) is 4.96. The molecule has 9 heteroatoms. The lowest BCUT2D eigenvalue weighted by molar-refractivity contribution is -0.115. The first kappa shape index (κ1) is 22.1. The van der Waals surface area contributed by atoms with Gasteiger partial charge in [0.2, 0.25) is 0 Å². The number of nitrogens with one attached hydrogen (secondary N) is 2. The van der Waals surface area contributed by atoms with Crippen LogP contribution in [0.4, 0.5) is 15.9 Å². The van der Waals surface area contributed by atoms with E-state index >= 15 is 0 Å². The Kier molecular flexibility index (Phi) is 6.08. The number of thiophene rings is 1. The molecule has 3 heterocycles. The minimum atomic E-state index is -0.496. The highest BCUT2D eigenvalue weighted by molar-refractivity contribution is 7.19. The van der Waals surface area contributed by atoms with Crippen molar-refractivity contribution in [1.29, 1.82) is 0 Å². The molecular weight excluding hydrogens is 463 g/mol. The summed E-state index contributed by atoms with van der Waals surface area (Å²) >= 11 is 1.44. The molecule has 1 amide bonds. The van der Waals surface area contributed by atoms with Crippen LogP contribution in [0.3, 0.4) is 0 Å². The average molecular weight is 481 g/mol.